The van der Waals surface area contributed by atoms with Crippen LogP contribution in [0.15, 0.2) is 0 Å². The molecule has 11 heteroatoms. The van der Waals surface area contributed by atoms with Gasteiger partial charge in [0, 0.05) is 17.8 Å². The molecule has 3 fully saturated rings. The molecule has 32 heavy (non-hydrogen) atoms. The summed E-state index contributed by atoms with van der Waals surface area (Å²) < 4.78 is 7.05. The van der Waals surface area contributed by atoms with Crippen LogP contribution < -0.4 is 11.1 Å². The van der Waals surface area contributed by atoms with E-state index in [1.165, 1.54) is 12.8 Å². The fourth-order valence-corrected chi connectivity index (χ4v) is 13.5. The van der Waals surface area contributed by atoms with E-state index in [-0.39, 0.29) is 11.9 Å². The molecule has 1 amide bonds. The van der Waals surface area contributed by atoms with Crippen LogP contribution in [0.3, 0.4) is 0 Å². The summed E-state index contributed by atoms with van der Waals surface area (Å²) in [7, 11) is 0. The number of ether oxygens (including phenoxy) is 1. The molecule has 7 N–H and O–H groups in total. The van der Waals surface area contributed by atoms with E-state index in [9.17, 15) is 25.2 Å². The molecule has 2 saturated carbocycles. The minimum Gasteiger partial charge on any atom is -0.394 e. The Morgan fingerprint density at radius 2 is 1.78 bits per heavy atom. The van der Waals surface area contributed by atoms with E-state index in [4.69, 9.17) is 10.5 Å². The third-order valence-corrected chi connectivity index (χ3v) is 12.1. The highest BCUT2D eigenvalue weighted by Crippen LogP contribution is 2.50. The SMILES string of the molecule is CCC1C(I)CC(I)C(C2CCC(C(=O)NC3C(O)OC(CO)C(O)C3O)C(N)C2)C1I. The first-order valence-electron chi connectivity index (χ1n) is 11.4. The van der Waals surface area contributed by atoms with Crippen molar-refractivity contribution >= 4 is 73.7 Å². The van der Waals surface area contributed by atoms with Gasteiger partial charge in [0.25, 0.3) is 0 Å². The lowest BCUT2D eigenvalue weighted by atomic mass is 9.66. The first-order chi connectivity index (χ1) is 15.1. The van der Waals surface area contributed by atoms with Gasteiger partial charge in [0.15, 0.2) is 6.29 Å². The van der Waals surface area contributed by atoms with Crippen LogP contribution in [0.1, 0.15) is 39.0 Å². The summed E-state index contributed by atoms with van der Waals surface area (Å²) >= 11 is 7.87. The van der Waals surface area contributed by atoms with Gasteiger partial charge in [-0.2, -0.15) is 0 Å². The summed E-state index contributed by atoms with van der Waals surface area (Å²) in [4.78, 5) is 13.0. The number of carbonyl (C=O) groups excluding carboxylic acids is 1. The van der Waals surface area contributed by atoms with Gasteiger partial charge >= 0.3 is 0 Å². The molecule has 3 aliphatic rings. The zero-order chi connectivity index (χ0) is 23.7. The van der Waals surface area contributed by atoms with Crippen LogP contribution >= 0.6 is 67.8 Å². The van der Waals surface area contributed by atoms with E-state index < -0.39 is 43.2 Å². The highest BCUT2D eigenvalue weighted by atomic mass is 127. The Hall–Kier alpha value is 1.42. The van der Waals surface area contributed by atoms with E-state index in [2.05, 4.69) is 80.0 Å². The predicted octanol–water partition coefficient (Wildman–Crippen LogP) is 1.10. The van der Waals surface area contributed by atoms with Gasteiger partial charge in [0.05, 0.1) is 12.5 Å². The molecule has 8 nitrogen and oxygen atoms in total. The Kier molecular flexibility index (Phi) is 10.6. The third-order valence-electron chi connectivity index (χ3n) is 7.61. The van der Waals surface area contributed by atoms with E-state index in [1.807, 2.05) is 0 Å². The Bertz CT molecular complexity index is 649. The van der Waals surface area contributed by atoms with Crippen LogP contribution in [0.5, 0.6) is 0 Å². The molecule has 1 saturated heterocycles. The maximum Gasteiger partial charge on any atom is 0.225 e. The monoisotopic (exact) mass is 792 g/mol. The highest BCUT2D eigenvalue weighted by Gasteiger charge is 2.48. The normalized spacial score (nSPS) is 50.1. The van der Waals surface area contributed by atoms with Crippen molar-refractivity contribution in [1.29, 1.82) is 0 Å². The van der Waals surface area contributed by atoms with Gasteiger partial charge in [-0.25, -0.2) is 0 Å². The summed E-state index contributed by atoms with van der Waals surface area (Å²) in [5.41, 5.74) is 6.50. The van der Waals surface area contributed by atoms with Crippen molar-refractivity contribution in [3.63, 3.8) is 0 Å². The van der Waals surface area contributed by atoms with Crippen molar-refractivity contribution in [3.05, 3.63) is 0 Å². The zero-order valence-electron chi connectivity index (χ0n) is 18.1. The fraction of sp³-hybridized carbons (Fsp3) is 0.952. The first-order valence-corrected chi connectivity index (χ1v) is 15.1. The Balaban J connectivity index is 1.61. The highest BCUT2D eigenvalue weighted by molar-refractivity contribution is 14.1. The number of aliphatic hydroxyl groups excluding tert-OH is 4. The number of halogens is 3. The van der Waals surface area contributed by atoms with Crippen LogP contribution in [-0.2, 0) is 9.53 Å². The number of amides is 1. The van der Waals surface area contributed by atoms with E-state index in [0.717, 1.165) is 12.8 Å². The smallest absolute Gasteiger partial charge is 0.225 e. The minimum absolute atomic E-state index is 0.299. The average molecular weight is 792 g/mol. The second-order valence-electron chi connectivity index (χ2n) is 9.47. The van der Waals surface area contributed by atoms with Crippen LogP contribution in [0, 0.1) is 23.7 Å². The number of aliphatic hydroxyl groups is 4. The Labute approximate surface area is 230 Å². The molecule has 0 aromatic carbocycles. The van der Waals surface area contributed by atoms with Gasteiger partial charge in [-0.3, -0.25) is 4.79 Å². The van der Waals surface area contributed by atoms with Crippen molar-refractivity contribution in [3.8, 4) is 0 Å². The summed E-state index contributed by atoms with van der Waals surface area (Å²) in [6, 6.07) is -1.47. The largest absolute Gasteiger partial charge is 0.394 e. The van der Waals surface area contributed by atoms with Gasteiger partial charge in [-0.15, -0.1) is 0 Å². The van der Waals surface area contributed by atoms with Crippen LogP contribution in [-0.4, -0.2) is 81.4 Å². The second-order valence-corrected chi connectivity index (χ2v) is 14.1. The van der Waals surface area contributed by atoms with Gasteiger partial charge < -0.3 is 36.2 Å². The lowest BCUT2D eigenvalue weighted by Gasteiger charge is -2.47. The number of rotatable bonds is 5. The molecule has 0 radical (unpaired) electrons. The summed E-state index contributed by atoms with van der Waals surface area (Å²) in [6.45, 7) is 1.73. The molecular weight excluding hydrogens is 757 g/mol. The van der Waals surface area contributed by atoms with Gasteiger partial charge in [-0.05, 0) is 43.4 Å². The van der Waals surface area contributed by atoms with Gasteiger partial charge in [-0.1, -0.05) is 81.1 Å². The lowest BCUT2D eigenvalue weighted by Crippen LogP contribution is -2.65. The number of hydrogen-bond acceptors (Lipinski definition) is 7. The maximum absolute atomic E-state index is 13.0. The lowest BCUT2D eigenvalue weighted by molar-refractivity contribution is -0.254. The molecule has 0 aromatic heterocycles. The van der Waals surface area contributed by atoms with Crippen molar-refractivity contribution in [2.24, 2.45) is 29.4 Å². The van der Waals surface area contributed by atoms with Gasteiger partial charge in [0.2, 0.25) is 5.91 Å². The Morgan fingerprint density at radius 3 is 2.38 bits per heavy atom. The molecular formula is C21H35I3N2O6. The number of alkyl halides is 3. The number of carbonyl (C=O) groups is 1. The molecule has 0 spiro atoms. The summed E-state index contributed by atoms with van der Waals surface area (Å²) in [6.07, 6.45) is -0.692. The predicted molar refractivity (Wildman–Crippen MR) is 146 cm³/mol. The second kappa shape index (κ2) is 12.1. The third kappa shape index (κ3) is 5.86. The molecule has 1 aliphatic heterocycles. The summed E-state index contributed by atoms with van der Waals surface area (Å²) in [5, 5.41) is 42.4. The first kappa shape index (κ1) is 28.0. The van der Waals surface area contributed by atoms with Crippen LogP contribution in [0.4, 0.5) is 0 Å². The number of nitrogens with two attached hydrogens (primary N) is 1. The van der Waals surface area contributed by atoms with Crippen LogP contribution in [0.2, 0.25) is 0 Å². The van der Waals surface area contributed by atoms with Crippen molar-refractivity contribution < 1.29 is 30.0 Å². The maximum atomic E-state index is 13.0. The molecule has 13 unspecified atom stereocenters. The number of hydrogen-bond donors (Lipinski definition) is 6. The molecule has 0 aromatic rings. The van der Waals surface area contributed by atoms with Crippen molar-refractivity contribution in [1.82, 2.24) is 5.32 Å². The van der Waals surface area contributed by atoms with E-state index >= 15 is 0 Å². The molecule has 2 aliphatic carbocycles. The average Bonchev–Trinajstić information content (AvgIpc) is 2.73. The molecule has 0 bridgehead atoms. The van der Waals surface area contributed by atoms with Crippen LogP contribution in [0.25, 0.3) is 0 Å². The van der Waals surface area contributed by atoms with Gasteiger partial charge in [0.1, 0.15) is 24.4 Å². The Morgan fingerprint density at radius 1 is 1.09 bits per heavy atom. The molecule has 3 rings (SSSR count). The van der Waals surface area contributed by atoms with Crippen molar-refractivity contribution in [2.45, 2.75) is 87.5 Å². The molecule has 13 atom stereocenters. The van der Waals surface area contributed by atoms with E-state index in [1.54, 1.807) is 0 Å². The topological polar surface area (TPSA) is 145 Å². The zero-order valence-corrected chi connectivity index (χ0v) is 24.5. The summed E-state index contributed by atoms with van der Waals surface area (Å²) in [5.74, 6) is 1.02. The fourth-order valence-electron chi connectivity index (χ4n) is 5.71. The standard InChI is InChI=1S/C21H35I3N2O6/c1-2-9-11(22)6-12(23)15(16(9)24)8-3-4-10(13(25)5-8)20(30)26-17-19(29)18(28)14(7-27)32-21(17)31/h8-19,21,27-29,31H,2-7,25H2,1H3,(H,26,30). The minimum atomic E-state index is -1.52. The molecule has 1 heterocycles. The number of nitrogens with one attached hydrogen (secondary N) is 1. The van der Waals surface area contributed by atoms with E-state index in [0.29, 0.717) is 35.9 Å². The quantitative estimate of drug-likeness (QED) is 0.181. The van der Waals surface area contributed by atoms with Crippen molar-refractivity contribution in [2.75, 3.05) is 6.61 Å². The molecule has 186 valence electrons.